The van der Waals surface area contributed by atoms with Crippen LogP contribution in [0, 0.1) is 5.41 Å². The molecule has 0 unspecified atom stereocenters. The van der Waals surface area contributed by atoms with Crippen molar-refractivity contribution in [2.45, 2.75) is 19.4 Å². The minimum Gasteiger partial charge on any atom is -0.355 e. The molecule has 70 valence electrons. The molecule has 0 bridgehead atoms. The van der Waals surface area contributed by atoms with E-state index in [2.05, 4.69) is 4.90 Å². The smallest absolute Gasteiger partial charge is 0.0961 e. The molecule has 1 aromatic rings. The molecule has 1 N–H and O–H groups in total. The predicted molar refractivity (Wildman–Crippen MR) is 56.7 cm³/mol. The summed E-state index contributed by atoms with van der Waals surface area (Å²) in [4.78, 5) is 3.36. The van der Waals surface area contributed by atoms with Crippen LogP contribution in [0.4, 0.5) is 0 Å². The number of nitrogens with zero attached hydrogens (tertiary/aromatic N) is 1. The molecule has 0 atom stereocenters. The molecule has 1 aliphatic rings. The van der Waals surface area contributed by atoms with Gasteiger partial charge in [-0.05, 0) is 18.6 Å². The van der Waals surface area contributed by atoms with Crippen molar-refractivity contribution in [3.63, 3.8) is 0 Å². The zero-order chi connectivity index (χ0) is 9.26. The molecule has 2 heterocycles. The van der Waals surface area contributed by atoms with Crippen LogP contribution in [0.3, 0.4) is 0 Å². The third kappa shape index (κ3) is 2.03. The van der Waals surface area contributed by atoms with E-state index >= 15 is 0 Å². The Kier molecular flexibility index (Phi) is 2.56. The first-order valence-electron chi connectivity index (χ1n) is 4.32. The van der Waals surface area contributed by atoms with Gasteiger partial charge in [-0.25, -0.2) is 0 Å². The van der Waals surface area contributed by atoms with Crippen molar-refractivity contribution < 1.29 is 0 Å². The molecule has 0 aliphatic carbocycles. The largest absolute Gasteiger partial charge is 0.355 e. The van der Waals surface area contributed by atoms with Crippen LogP contribution in [0.5, 0.6) is 0 Å². The fourth-order valence-corrected chi connectivity index (χ4v) is 2.63. The lowest BCUT2D eigenvalue weighted by atomic mass is 10.4. The molecule has 0 spiro atoms. The quantitative estimate of drug-likeness (QED) is 0.805. The molecule has 2 nitrogen and oxygen atoms in total. The van der Waals surface area contributed by atoms with Gasteiger partial charge in [-0.1, -0.05) is 11.6 Å². The van der Waals surface area contributed by atoms with E-state index in [0.717, 1.165) is 36.1 Å². The number of rotatable bonds is 2. The van der Waals surface area contributed by atoms with Crippen molar-refractivity contribution in [3.8, 4) is 0 Å². The lowest BCUT2D eigenvalue weighted by Crippen LogP contribution is -2.22. The lowest BCUT2D eigenvalue weighted by Gasteiger charge is -2.15. The van der Waals surface area contributed by atoms with E-state index in [9.17, 15) is 0 Å². The third-order valence-electron chi connectivity index (χ3n) is 2.20. The maximum absolute atomic E-state index is 7.66. The van der Waals surface area contributed by atoms with Crippen LogP contribution in [0.1, 0.15) is 17.7 Å². The number of nitrogens with one attached hydrogen (secondary N) is 1. The van der Waals surface area contributed by atoms with Crippen LogP contribution < -0.4 is 0 Å². The highest BCUT2D eigenvalue weighted by atomic mass is 35.5. The summed E-state index contributed by atoms with van der Waals surface area (Å²) in [5, 5.41) is 7.66. The normalized spacial score (nSPS) is 17.0. The first-order valence-corrected chi connectivity index (χ1v) is 5.52. The van der Waals surface area contributed by atoms with Gasteiger partial charge in [0.05, 0.1) is 16.7 Å². The maximum Gasteiger partial charge on any atom is 0.0961 e. The van der Waals surface area contributed by atoms with Crippen LogP contribution in [-0.2, 0) is 6.54 Å². The minimum absolute atomic E-state index is 0.768. The molecule has 0 aromatic carbocycles. The first kappa shape index (κ1) is 9.03. The first-order chi connectivity index (χ1) is 6.25. The van der Waals surface area contributed by atoms with Crippen molar-refractivity contribution in [3.05, 3.63) is 21.3 Å². The zero-order valence-corrected chi connectivity index (χ0v) is 8.79. The van der Waals surface area contributed by atoms with Gasteiger partial charge in [-0.3, -0.25) is 5.41 Å². The van der Waals surface area contributed by atoms with E-state index in [1.54, 1.807) is 11.3 Å². The molecular weight excluding hydrogens is 204 g/mol. The molecule has 1 fully saturated rings. The van der Waals surface area contributed by atoms with Crippen molar-refractivity contribution >= 4 is 28.8 Å². The summed E-state index contributed by atoms with van der Waals surface area (Å²) < 4.78 is 0.834. The Morgan fingerprint density at radius 2 is 2.38 bits per heavy atom. The van der Waals surface area contributed by atoms with E-state index in [0.29, 0.717) is 0 Å². The van der Waals surface area contributed by atoms with Crippen LogP contribution in [0.2, 0.25) is 4.34 Å². The third-order valence-corrected chi connectivity index (χ3v) is 3.41. The Hall–Kier alpha value is -0.540. The number of halogens is 1. The monoisotopic (exact) mass is 214 g/mol. The molecule has 1 aliphatic heterocycles. The average Bonchev–Trinajstić information content (AvgIpc) is 2.64. The highest BCUT2D eigenvalue weighted by molar-refractivity contribution is 7.16. The Balaban J connectivity index is 2.01. The summed E-state index contributed by atoms with van der Waals surface area (Å²) in [6.07, 6.45) is 2.05. The summed E-state index contributed by atoms with van der Waals surface area (Å²) >= 11 is 7.43. The van der Waals surface area contributed by atoms with Gasteiger partial charge in [-0.2, -0.15) is 0 Å². The van der Waals surface area contributed by atoms with Gasteiger partial charge in [0.1, 0.15) is 0 Å². The second-order valence-corrected chi connectivity index (χ2v) is 4.98. The summed E-state index contributed by atoms with van der Waals surface area (Å²) in [6, 6.07) is 3.96. The van der Waals surface area contributed by atoms with Gasteiger partial charge in [0.2, 0.25) is 0 Å². The Morgan fingerprint density at radius 3 is 2.92 bits per heavy atom. The summed E-state index contributed by atoms with van der Waals surface area (Å²) in [5.74, 6) is 0.768. The van der Waals surface area contributed by atoms with E-state index in [1.807, 2.05) is 12.1 Å². The fourth-order valence-electron chi connectivity index (χ4n) is 1.53. The van der Waals surface area contributed by atoms with Gasteiger partial charge in [0.25, 0.3) is 0 Å². The number of thiophene rings is 1. The van der Waals surface area contributed by atoms with Crippen molar-refractivity contribution in [1.82, 2.24) is 4.90 Å². The van der Waals surface area contributed by atoms with E-state index < -0.39 is 0 Å². The fraction of sp³-hybridized carbons (Fsp3) is 0.444. The molecule has 2 rings (SSSR count). The average molecular weight is 215 g/mol. The van der Waals surface area contributed by atoms with Crippen molar-refractivity contribution in [2.24, 2.45) is 0 Å². The minimum atomic E-state index is 0.768. The Labute approximate surface area is 86.6 Å². The molecule has 0 saturated carbocycles. The highest BCUT2D eigenvalue weighted by Crippen LogP contribution is 2.24. The Morgan fingerprint density at radius 1 is 1.54 bits per heavy atom. The molecule has 13 heavy (non-hydrogen) atoms. The SMILES string of the molecule is N=C1CCCN1Cc1ccc(Cl)s1. The predicted octanol–water partition coefficient (Wildman–Crippen LogP) is 2.97. The number of likely N-dealkylation sites (tertiary alicyclic amines) is 1. The van der Waals surface area contributed by atoms with Crippen LogP contribution in [0.25, 0.3) is 0 Å². The maximum atomic E-state index is 7.66. The van der Waals surface area contributed by atoms with E-state index in [4.69, 9.17) is 17.0 Å². The van der Waals surface area contributed by atoms with Gasteiger partial charge in [-0.15, -0.1) is 11.3 Å². The van der Waals surface area contributed by atoms with Gasteiger partial charge in [0, 0.05) is 17.8 Å². The van der Waals surface area contributed by atoms with Crippen LogP contribution in [-0.4, -0.2) is 17.3 Å². The molecule has 0 radical (unpaired) electrons. The number of amidine groups is 1. The molecule has 0 amide bonds. The van der Waals surface area contributed by atoms with E-state index in [1.165, 1.54) is 4.88 Å². The van der Waals surface area contributed by atoms with Gasteiger partial charge >= 0.3 is 0 Å². The molecule has 4 heteroatoms. The van der Waals surface area contributed by atoms with Gasteiger partial charge in [0.15, 0.2) is 0 Å². The lowest BCUT2D eigenvalue weighted by molar-refractivity contribution is 0.450. The summed E-state index contributed by atoms with van der Waals surface area (Å²) in [6.45, 7) is 1.88. The van der Waals surface area contributed by atoms with Crippen molar-refractivity contribution in [1.29, 1.82) is 5.41 Å². The summed E-state index contributed by atoms with van der Waals surface area (Å²) in [7, 11) is 0. The molecule has 1 aromatic heterocycles. The molecule has 1 saturated heterocycles. The Bertz CT molecular complexity index is 321. The standard InChI is InChI=1S/C9H11ClN2S/c10-8-4-3-7(13-8)6-12-5-1-2-9(12)11/h3-4,11H,1-2,5-6H2. The van der Waals surface area contributed by atoms with Gasteiger partial charge < -0.3 is 4.90 Å². The van der Waals surface area contributed by atoms with Crippen molar-refractivity contribution in [2.75, 3.05) is 6.54 Å². The topological polar surface area (TPSA) is 27.1 Å². The summed E-state index contributed by atoms with van der Waals surface area (Å²) in [5.41, 5.74) is 0. The van der Waals surface area contributed by atoms with Crippen LogP contribution >= 0.6 is 22.9 Å². The van der Waals surface area contributed by atoms with Crippen LogP contribution in [0.15, 0.2) is 12.1 Å². The second-order valence-electron chi connectivity index (χ2n) is 3.18. The highest BCUT2D eigenvalue weighted by Gasteiger charge is 2.17. The number of hydrogen-bond acceptors (Lipinski definition) is 2. The second kappa shape index (κ2) is 3.68. The zero-order valence-electron chi connectivity index (χ0n) is 7.22. The molecular formula is C9H11ClN2S. The van der Waals surface area contributed by atoms with E-state index in [-0.39, 0.29) is 0 Å². The number of hydrogen-bond donors (Lipinski definition) is 1.